The number of ether oxygens (including phenoxy) is 3. The van der Waals surface area contributed by atoms with Crippen LogP contribution in [-0.2, 0) is 28.6 Å². The molecule has 1 saturated carbocycles. The van der Waals surface area contributed by atoms with Gasteiger partial charge in [0.1, 0.15) is 18.3 Å². The summed E-state index contributed by atoms with van der Waals surface area (Å²) in [5.74, 6) is -2.62. The molecular weight excluding hydrogens is 606 g/mol. The molecule has 2 atom stereocenters. The van der Waals surface area contributed by atoms with Gasteiger partial charge in [-0.15, -0.1) is 0 Å². The van der Waals surface area contributed by atoms with Crippen LogP contribution in [0.1, 0.15) is 134 Å². The van der Waals surface area contributed by atoms with Crippen LogP contribution in [0, 0.1) is 17.8 Å². The van der Waals surface area contributed by atoms with Gasteiger partial charge in [-0.25, -0.2) is 0 Å². The zero-order valence-electron chi connectivity index (χ0n) is 30.8. The second-order valence-corrected chi connectivity index (χ2v) is 18.6. The van der Waals surface area contributed by atoms with Crippen molar-refractivity contribution < 1.29 is 44.2 Å². The van der Waals surface area contributed by atoms with Crippen molar-refractivity contribution in [2.45, 2.75) is 186 Å². The number of hydrogen-bond acceptors (Lipinski definition) is 12. The van der Waals surface area contributed by atoms with Crippen molar-refractivity contribution in [3.8, 4) is 0 Å². The number of carbonyl (C=O) groups is 3. The highest BCUT2D eigenvalue weighted by Crippen LogP contribution is 2.44. The maximum Gasteiger partial charge on any atom is 0.309 e. The van der Waals surface area contributed by atoms with Crippen LogP contribution < -0.4 is 0 Å². The van der Waals surface area contributed by atoms with Crippen LogP contribution in [0.2, 0.25) is 0 Å². The van der Waals surface area contributed by atoms with E-state index < -0.39 is 81.2 Å². The van der Waals surface area contributed by atoms with E-state index >= 15 is 0 Å². The fourth-order valence-corrected chi connectivity index (χ4v) is 9.32. The number of nitrogens with zero attached hydrogens (tertiary/aromatic N) is 3. The third-order valence-corrected chi connectivity index (χ3v) is 11.1. The first kappa shape index (κ1) is 38.0. The molecule has 2 unspecified atom stereocenters. The zero-order valence-corrected chi connectivity index (χ0v) is 30.8. The highest BCUT2D eigenvalue weighted by atomic mass is 16.6. The Morgan fingerprint density at radius 3 is 0.894 bits per heavy atom. The van der Waals surface area contributed by atoms with Crippen molar-refractivity contribution in [2.75, 3.05) is 0 Å². The van der Waals surface area contributed by atoms with Gasteiger partial charge in [0.15, 0.2) is 0 Å². The fraction of sp³-hybridized carbons (Fsp3) is 0.914. The molecule has 0 amide bonds. The minimum absolute atomic E-state index is 0.193. The summed E-state index contributed by atoms with van der Waals surface area (Å²) in [4.78, 5) is 40.9. The molecule has 0 aromatic heterocycles. The number of piperidine rings is 3. The minimum atomic E-state index is -0.811. The summed E-state index contributed by atoms with van der Waals surface area (Å²) in [5, 5.41) is 36.1. The van der Waals surface area contributed by atoms with Crippen molar-refractivity contribution in [2.24, 2.45) is 17.8 Å². The quantitative estimate of drug-likeness (QED) is 0.243. The smallest absolute Gasteiger partial charge is 0.309 e. The van der Waals surface area contributed by atoms with Gasteiger partial charge in [-0.3, -0.25) is 14.4 Å². The summed E-state index contributed by atoms with van der Waals surface area (Å²) in [5.41, 5.74) is -3.88. The Bertz CT molecular complexity index is 1090. The van der Waals surface area contributed by atoms with Crippen molar-refractivity contribution in [1.29, 1.82) is 0 Å². The van der Waals surface area contributed by atoms with Crippen molar-refractivity contribution in [3.63, 3.8) is 0 Å². The Balaban J connectivity index is 1.51. The SMILES string of the molecule is CC1(C)CC(C(=O)OC2CC(OC(=O)C3CC(C)(C)N(O)C(C)(C)C3)C(OC(=O)C3CC(C)(C)N(O)C(C)(C)C3)C2)CC(C)(C)N1O. The third-order valence-electron chi connectivity index (χ3n) is 11.1. The summed E-state index contributed by atoms with van der Waals surface area (Å²) >= 11 is 0. The average molecular weight is 668 g/mol. The topological polar surface area (TPSA) is 149 Å². The zero-order chi connectivity index (χ0) is 35.7. The Morgan fingerprint density at radius 2 is 0.660 bits per heavy atom. The van der Waals surface area contributed by atoms with E-state index in [1.54, 1.807) is 0 Å². The van der Waals surface area contributed by atoms with Crippen LogP contribution in [0.5, 0.6) is 0 Å². The fourth-order valence-electron chi connectivity index (χ4n) is 9.32. The van der Waals surface area contributed by atoms with Gasteiger partial charge in [-0.1, -0.05) is 0 Å². The first-order valence-corrected chi connectivity index (χ1v) is 17.3. The monoisotopic (exact) mass is 667 g/mol. The number of rotatable bonds is 6. The molecule has 47 heavy (non-hydrogen) atoms. The van der Waals surface area contributed by atoms with E-state index in [1.807, 2.05) is 83.1 Å². The van der Waals surface area contributed by atoms with Gasteiger partial charge in [0, 0.05) is 46.1 Å². The molecule has 0 bridgehead atoms. The van der Waals surface area contributed by atoms with Crippen LogP contribution in [0.25, 0.3) is 0 Å². The Labute approximate surface area is 280 Å². The van der Waals surface area contributed by atoms with Crippen LogP contribution >= 0.6 is 0 Å². The molecular formula is C35H61N3O9. The van der Waals surface area contributed by atoms with Gasteiger partial charge in [0.05, 0.1) is 17.8 Å². The summed E-state index contributed by atoms with van der Waals surface area (Å²) in [7, 11) is 0. The largest absolute Gasteiger partial charge is 0.462 e. The van der Waals surface area contributed by atoms with E-state index in [0.717, 1.165) is 0 Å². The maximum atomic E-state index is 13.7. The number of hydroxylamine groups is 6. The Kier molecular flexibility index (Phi) is 10.1. The molecule has 4 aliphatic rings. The highest BCUT2D eigenvalue weighted by molar-refractivity contribution is 5.75. The van der Waals surface area contributed by atoms with Gasteiger partial charge in [-0.05, 0) is 122 Å². The van der Waals surface area contributed by atoms with Gasteiger partial charge < -0.3 is 29.8 Å². The molecule has 12 nitrogen and oxygen atoms in total. The first-order chi connectivity index (χ1) is 21.2. The van der Waals surface area contributed by atoms with Crippen molar-refractivity contribution >= 4 is 17.9 Å². The molecule has 0 spiro atoms. The summed E-state index contributed by atoms with van der Waals surface area (Å²) in [6, 6.07) is 0. The van der Waals surface area contributed by atoms with Gasteiger partial charge >= 0.3 is 17.9 Å². The number of hydrogen-bond donors (Lipinski definition) is 3. The van der Waals surface area contributed by atoms with E-state index in [9.17, 15) is 30.0 Å². The van der Waals surface area contributed by atoms with Gasteiger partial charge in [-0.2, -0.15) is 15.2 Å². The van der Waals surface area contributed by atoms with Crippen LogP contribution in [0.4, 0.5) is 0 Å². The molecule has 0 radical (unpaired) electrons. The normalized spacial score (nSPS) is 32.9. The van der Waals surface area contributed by atoms with Gasteiger partial charge in [0.25, 0.3) is 0 Å². The molecule has 0 aromatic rings. The van der Waals surface area contributed by atoms with E-state index in [4.69, 9.17) is 14.2 Å². The highest BCUT2D eigenvalue weighted by Gasteiger charge is 2.53. The maximum absolute atomic E-state index is 13.7. The van der Waals surface area contributed by atoms with Crippen LogP contribution in [0.3, 0.4) is 0 Å². The van der Waals surface area contributed by atoms with Crippen molar-refractivity contribution in [1.82, 2.24) is 15.2 Å². The minimum Gasteiger partial charge on any atom is -0.462 e. The lowest BCUT2D eigenvalue weighted by molar-refractivity contribution is -0.254. The van der Waals surface area contributed by atoms with E-state index in [1.165, 1.54) is 15.2 Å². The third kappa shape index (κ3) is 7.83. The summed E-state index contributed by atoms with van der Waals surface area (Å²) < 4.78 is 18.3. The molecule has 270 valence electrons. The van der Waals surface area contributed by atoms with E-state index in [0.29, 0.717) is 38.5 Å². The first-order valence-electron chi connectivity index (χ1n) is 17.3. The Hall–Kier alpha value is -1.83. The molecule has 4 fully saturated rings. The number of esters is 3. The average Bonchev–Trinajstić information content (AvgIpc) is 3.27. The molecule has 0 aromatic carbocycles. The summed E-state index contributed by atoms with van der Waals surface area (Å²) in [6.45, 7) is 22.6. The predicted octanol–water partition coefficient (Wildman–Crippen LogP) is 5.49. The molecule has 4 rings (SSSR count). The molecule has 1 aliphatic carbocycles. The standard InChI is InChI=1S/C35H61N3O9/c1-30(2)15-21(16-31(3,4)36(30)42)27(39)45-24-13-25(46-28(40)22-17-32(5,6)37(43)33(7,8)18-22)26(14-24)47-29(41)23-19-34(9,10)38(44)35(11,12)20-23/h21-26,42-44H,13-20H2,1-12H3. The Morgan fingerprint density at radius 1 is 0.447 bits per heavy atom. The second kappa shape index (κ2) is 12.5. The molecule has 3 N–H and O–H groups in total. The predicted molar refractivity (Wildman–Crippen MR) is 172 cm³/mol. The van der Waals surface area contributed by atoms with E-state index in [-0.39, 0.29) is 18.8 Å². The van der Waals surface area contributed by atoms with Gasteiger partial charge in [0.2, 0.25) is 0 Å². The van der Waals surface area contributed by atoms with Crippen LogP contribution in [0.15, 0.2) is 0 Å². The lowest BCUT2D eigenvalue weighted by Gasteiger charge is -2.51. The number of carbonyl (C=O) groups excluding carboxylic acids is 3. The summed E-state index contributed by atoms with van der Waals surface area (Å²) in [6.07, 6.45) is 0.524. The van der Waals surface area contributed by atoms with Crippen molar-refractivity contribution in [3.05, 3.63) is 0 Å². The molecule has 3 heterocycles. The lowest BCUT2D eigenvalue weighted by Crippen LogP contribution is -2.60. The molecule has 12 heteroatoms. The van der Waals surface area contributed by atoms with Crippen LogP contribution in [-0.4, -0.2) is 100 Å². The lowest BCUT2D eigenvalue weighted by atomic mass is 9.75. The molecule has 3 saturated heterocycles. The molecule has 3 aliphatic heterocycles. The van der Waals surface area contributed by atoms with E-state index in [2.05, 4.69) is 0 Å². The second-order valence-electron chi connectivity index (χ2n) is 18.6.